The summed E-state index contributed by atoms with van der Waals surface area (Å²) in [6.45, 7) is 5.55. The molecule has 19 heavy (non-hydrogen) atoms. The molecule has 9 heteroatoms. The van der Waals surface area contributed by atoms with E-state index in [9.17, 15) is 8.42 Å². The molecule has 0 aromatic carbocycles. The Balaban J connectivity index is 2.74. The van der Waals surface area contributed by atoms with Crippen LogP contribution in [0, 0.1) is 0 Å². The third kappa shape index (κ3) is 2.64. The molecule has 2 rings (SSSR count). The molecule has 7 nitrogen and oxygen atoms in total. The van der Waals surface area contributed by atoms with E-state index in [1.54, 1.807) is 24.1 Å². The molecule has 0 spiro atoms. The van der Waals surface area contributed by atoms with Gasteiger partial charge < -0.3 is 0 Å². The van der Waals surface area contributed by atoms with Gasteiger partial charge in [0.2, 0.25) is 0 Å². The summed E-state index contributed by atoms with van der Waals surface area (Å²) >= 11 is 0. The smallest absolute Gasteiger partial charge is 0.291 e. The maximum absolute atomic E-state index is 11.6. The van der Waals surface area contributed by atoms with Crippen LogP contribution in [-0.4, -0.2) is 33.0 Å². The Bertz CT molecular complexity index is 711. The van der Waals surface area contributed by atoms with Gasteiger partial charge in [0.1, 0.15) is 0 Å². The first kappa shape index (κ1) is 14.0. The highest BCUT2D eigenvalue weighted by Gasteiger charge is 2.30. The first-order valence-corrected chi connectivity index (χ1v) is 7.81. The van der Waals surface area contributed by atoms with Crippen LogP contribution in [0.5, 0.6) is 0 Å². The van der Waals surface area contributed by atoms with Crippen molar-refractivity contribution in [2.75, 3.05) is 0 Å². The van der Waals surface area contributed by atoms with E-state index in [0.29, 0.717) is 11.4 Å². The van der Waals surface area contributed by atoms with Crippen molar-refractivity contribution in [1.82, 2.24) is 24.5 Å². The molecule has 0 aliphatic heterocycles. The SMILES string of the molecule is Cn1cc(-c2nnc(S(=O)(=O)Cl)n2C(C)(C)C)cn1. The highest BCUT2D eigenvalue weighted by Crippen LogP contribution is 2.28. The van der Waals surface area contributed by atoms with Crippen LogP contribution in [0.2, 0.25) is 0 Å². The Morgan fingerprint density at radius 2 is 1.89 bits per heavy atom. The van der Waals surface area contributed by atoms with Gasteiger partial charge in [-0.25, -0.2) is 8.42 Å². The van der Waals surface area contributed by atoms with Gasteiger partial charge in [-0.05, 0) is 20.8 Å². The molecular weight excluding hydrogens is 290 g/mol. The lowest BCUT2D eigenvalue weighted by atomic mass is 10.1. The zero-order valence-electron chi connectivity index (χ0n) is 11.0. The topological polar surface area (TPSA) is 82.7 Å². The molecular formula is C10H14ClN5O2S. The van der Waals surface area contributed by atoms with Crippen LogP contribution < -0.4 is 0 Å². The van der Waals surface area contributed by atoms with Gasteiger partial charge in [-0.3, -0.25) is 9.25 Å². The number of aryl methyl sites for hydroxylation is 1. The molecule has 0 bridgehead atoms. The van der Waals surface area contributed by atoms with Gasteiger partial charge in [-0.1, -0.05) is 0 Å². The minimum atomic E-state index is -3.96. The zero-order chi connectivity index (χ0) is 14.4. The van der Waals surface area contributed by atoms with Gasteiger partial charge in [0.15, 0.2) is 5.82 Å². The molecule has 2 aromatic heterocycles. The normalized spacial score (nSPS) is 12.9. The van der Waals surface area contributed by atoms with E-state index in [4.69, 9.17) is 10.7 Å². The number of halogens is 1. The van der Waals surface area contributed by atoms with Gasteiger partial charge >= 0.3 is 0 Å². The summed E-state index contributed by atoms with van der Waals surface area (Å²) in [4.78, 5) is 0. The fraction of sp³-hybridized carbons (Fsp3) is 0.500. The lowest BCUT2D eigenvalue weighted by molar-refractivity contribution is 0.367. The van der Waals surface area contributed by atoms with Crippen molar-refractivity contribution in [3.8, 4) is 11.4 Å². The number of nitrogens with zero attached hydrogens (tertiary/aromatic N) is 5. The first-order valence-electron chi connectivity index (χ1n) is 5.50. The maximum Gasteiger partial charge on any atom is 0.296 e. The minimum Gasteiger partial charge on any atom is -0.291 e. The predicted octanol–water partition coefficient (Wildman–Crippen LogP) is 1.36. The third-order valence-electron chi connectivity index (χ3n) is 2.49. The largest absolute Gasteiger partial charge is 0.296 e. The van der Waals surface area contributed by atoms with E-state index in [-0.39, 0.29) is 5.16 Å². The molecule has 0 atom stereocenters. The molecule has 0 fully saturated rings. The number of hydrogen-bond acceptors (Lipinski definition) is 5. The van der Waals surface area contributed by atoms with E-state index in [1.165, 1.54) is 4.57 Å². The molecule has 0 unspecified atom stereocenters. The molecule has 104 valence electrons. The summed E-state index contributed by atoms with van der Waals surface area (Å²) in [7, 11) is 3.21. The van der Waals surface area contributed by atoms with Gasteiger partial charge in [-0.15, -0.1) is 10.2 Å². The molecule has 0 aliphatic carbocycles. The Kier molecular flexibility index (Phi) is 3.18. The summed E-state index contributed by atoms with van der Waals surface area (Å²) in [6, 6.07) is 0. The molecule has 0 radical (unpaired) electrons. The predicted molar refractivity (Wildman–Crippen MR) is 70.3 cm³/mol. The average molecular weight is 304 g/mol. The molecule has 0 saturated heterocycles. The standard InChI is InChI=1S/C10H14ClN5O2S/c1-10(2,3)16-8(7-5-12-15(4)6-7)13-14-9(16)19(11,17)18/h5-6H,1-4H3. The molecule has 2 heterocycles. The van der Waals surface area contributed by atoms with Gasteiger partial charge in [0.25, 0.3) is 14.2 Å². The third-order valence-corrected chi connectivity index (χ3v) is 3.60. The summed E-state index contributed by atoms with van der Waals surface area (Å²) in [5.41, 5.74) is 0.142. The van der Waals surface area contributed by atoms with Crippen LogP contribution in [0.4, 0.5) is 0 Å². The molecule has 0 aliphatic rings. The van der Waals surface area contributed by atoms with E-state index in [0.717, 1.165) is 0 Å². The highest BCUT2D eigenvalue weighted by atomic mass is 35.7. The summed E-state index contributed by atoms with van der Waals surface area (Å²) in [6.07, 6.45) is 3.33. The second-order valence-electron chi connectivity index (χ2n) is 5.15. The lowest BCUT2D eigenvalue weighted by Crippen LogP contribution is -2.25. The second-order valence-corrected chi connectivity index (χ2v) is 7.61. The van der Waals surface area contributed by atoms with E-state index in [1.807, 2.05) is 20.8 Å². The number of hydrogen-bond donors (Lipinski definition) is 0. The van der Waals surface area contributed by atoms with Crippen LogP contribution in [0.15, 0.2) is 17.6 Å². The van der Waals surface area contributed by atoms with Gasteiger partial charge in [0.05, 0.1) is 11.8 Å². The Morgan fingerprint density at radius 1 is 1.26 bits per heavy atom. The minimum absolute atomic E-state index is 0.263. The van der Waals surface area contributed by atoms with Crippen molar-refractivity contribution < 1.29 is 8.42 Å². The first-order chi connectivity index (χ1) is 8.60. The van der Waals surface area contributed by atoms with Crippen LogP contribution >= 0.6 is 10.7 Å². The van der Waals surface area contributed by atoms with Crippen LogP contribution in [0.25, 0.3) is 11.4 Å². The fourth-order valence-electron chi connectivity index (χ4n) is 1.76. The van der Waals surface area contributed by atoms with Crippen molar-refractivity contribution in [2.45, 2.75) is 31.5 Å². The quantitative estimate of drug-likeness (QED) is 0.782. The zero-order valence-corrected chi connectivity index (χ0v) is 12.6. The monoisotopic (exact) mass is 303 g/mol. The van der Waals surface area contributed by atoms with E-state index >= 15 is 0 Å². The summed E-state index contributed by atoms with van der Waals surface area (Å²) in [5, 5.41) is 11.4. The Morgan fingerprint density at radius 3 is 2.32 bits per heavy atom. The fourth-order valence-corrected chi connectivity index (χ4v) is 2.77. The average Bonchev–Trinajstić information content (AvgIpc) is 2.79. The second kappa shape index (κ2) is 4.31. The molecule has 2 aromatic rings. The van der Waals surface area contributed by atoms with E-state index < -0.39 is 14.6 Å². The number of rotatable bonds is 2. The van der Waals surface area contributed by atoms with Crippen molar-refractivity contribution in [3.63, 3.8) is 0 Å². The van der Waals surface area contributed by atoms with Crippen molar-refractivity contribution >= 4 is 19.7 Å². The van der Waals surface area contributed by atoms with Gasteiger partial charge in [0, 0.05) is 29.5 Å². The van der Waals surface area contributed by atoms with E-state index in [2.05, 4.69) is 15.3 Å². The molecule has 0 N–H and O–H groups in total. The summed E-state index contributed by atoms with van der Waals surface area (Å²) in [5.74, 6) is 0.417. The highest BCUT2D eigenvalue weighted by molar-refractivity contribution is 8.13. The Hall–Kier alpha value is -1.41. The molecule has 0 amide bonds. The molecule has 0 saturated carbocycles. The summed E-state index contributed by atoms with van der Waals surface area (Å²) < 4.78 is 26.2. The van der Waals surface area contributed by atoms with Crippen LogP contribution in [0.3, 0.4) is 0 Å². The van der Waals surface area contributed by atoms with Crippen molar-refractivity contribution in [1.29, 1.82) is 0 Å². The lowest BCUT2D eigenvalue weighted by Gasteiger charge is -2.23. The van der Waals surface area contributed by atoms with Crippen LogP contribution in [0.1, 0.15) is 20.8 Å². The van der Waals surface area contributed by atoms with Crippen molar-refractivity contribution in [2.24, 2.45) is 7.05 Å². The van der Waals surface area contributed by atoms with Gasteiger partial charge in [-0.2, -0.15) is 5.10 Å². The number of aromatic nitrogens is 5. The maximum atomic E-state index is 11.6. The van der Waals surface area contributed by atoms with Crippen LogP contribution in [-0.2, 0) is 21.6 Å². The Labute approximate surface area is 115 Å². The van der Waals surface area contributed by atoms with Crippen molar-refractivity contribution in [3.05, 3.63) is 12.4 Å².